The van der Waals surface area contributed by atoms with Gasteiger partial charge < -0.3 is 10.4 Å². The van der Waals surface area contributed by atoms with Gasteiger partial charge in [-0.3, -0.25) is 4.79 Å². The van der Waals surface area contributed by atoms with Crippen LogP contribution < -0.4 is 5.32 Å². The predicted molar refractivity (Wildman–Crippen MR) is 64.1 cm³/mol. The number of aliphatic hydroxyl groups is 1. The first-order valence-corrected chi connectivity index (χ1v) is 6.40. The first-order chi connectivity index (χ1) is 8.24. The van der Waals surface area contributed by atoms with E-state index < -0.39 is 6.10 Å². The number of nitrogens with zero attached hydrogens (tertiary/aromatic N) is 2. The highest BCUT2D eigenvalue weighted by Crippen LogP contribution is 2.36. The van der Waals surface area contributed by atoms with Crippen LogP contribution in [0.1, 0.15) is 11.7 Å². The number of anilines is 1. The van der Waals surface area contributed by atoms with Crippen molar-refractivity contribution in [3.63, 3.8) is 0 Å². The van der Waals surface area contributed by atoms with Crippen LogP contribution >= 0.6 is 23.3 Å². The first kappa shape index (κ1) is 10.7. The third-order valence-electron chi connectivity index (χ3n) is 2.37. The maximum Gasteiger partial charge on any atom is 0.257 e. The number of benzene rings is 1. The van der Waals surface area contributed by atoms with Gasteiger partial charge in [0.25, 0.3) is 5.91 Å². The van der Waals surface area contributed by atoms with Gasteiger partial charge in [-0.15, -0.1) is 0 Å². The van der Waals surface area contributed by atoms with E-state index in [9.17, 15) is 9.90 Å². The zero-order valence-corrected chi connectivity index (χ0v) is 10.1. The van der Waals surface area contributed by atoms with Crippen molar-refractivity contribution in [3.05, 3.63) is 30.1 Å². The molecule has 1 aliphatic rings. The molecule has 2 N–H and O–H groups in total. The van der Waals surface area contributed by atoms with E-state index in [-0.39, 0.29) is 5.91 Å². The molecule has 1 aliphatic heterocycles. The number of fused-ring (bicyclic) bond motifs is 1. The number of hydrogen-bond donors (Lipinski definition) is 2. The van der Waals surface area contributed by atoms with E-state index in [2.05, 4.69) is 14.7 Å². The summed E-state index contributed by atoms with van der Waals surface area (Å²) in [5.41, 5.74) is 1.29. The summed E-state index contributed by atoms with van der Waals surface area (Å²) in [6.07, 6.45) is 0.455. The van der Waals surface area contributed by atoms with Gasteiger partial charge in [0.2, 0.25) is 0 Å². The molecule has 2 aromatic rings. The Morgan fingerprint density at radius 2 is 2.35 bits per heavy atom. The molecule has 0 saturated heterocycles. The SMILES string of the molecule is O=C1Nc2cc(Sc3ncns3)ccc2C1O. The highest BCUT2D eigenvalue weighted by molar-refractivity contribution is 8.01. The second-order valence-electron chi connectivity index (χ2n) is 3.45. The molecule has 86 valence electrons. The van der Waals surface area contributed by atoms with Gasteiger partial charge in [0.05, 0.1) is 0 Å². The number of amides is 1. The van der Waals surface area contributed by atoms with Crippen molar-refractivity contribution in [1.29, 1.82) is 0 Å². The van der Waals surface area contributed by atoms with Crippen molar-refractivity contribution in [3.8, 4) is 0 Å². The van der Waals surface area contributed by atoms with Crippen LogP contribution in [-0.4, -0.2) is 20.4 Å². The Kier molecular flexibility index (Phi) is 2.58. The molecule has 1 unspecified atom stereocenters. The molecule has 0 aliphatic carbocycles. The third kappa shape index (κ3) is 1.92. The maximum atomic E-state index is 11.3. The minimum absolute atomic E-state index is 0.377. The van der Waals surface area contributed by atoms with Crippen LogP contribution in [0.4, 0.5) is 5.69 Å². The van der Waals surface area contributed by atoms with Crippen molar-refractivity contribution in [2.75, 3.05) is 5.32 Å². The average Bonchev–Trinajstić information content (AvgIpc) is 2.89. The van der Waals surface area contributed by atoms with Gasteiger partial charge in [0.1, 0.15) is 6.33 Å². The zero-order chi connectivity index (χ0) is 11.8. The number of aliphatic hydroxyl groups excluding tert-OH is 1. The maximum absolute atomic E-state index is 11.3. The molecule has 0 spiro atoms. The minimum Gasteiger partial charge on any atom is -0.378 e. The quantitative estimate of drug-likeness (QED) is 0.864. The Balaban J connectivity index is 1.90. The normalized spacial score (nSPS) is 17.9. The number of nitrogens with one attached hydrogen (secondary N) is 1. The van der Waals surface area contributed by atoms with Crippen molar-refractivity contribution in [2.45, 2.75) is 15.3 Å². The van der Waals surface area contributed by atoms with Crippen LogP contribution in [0.15, 0.2) is 33.8 Å². The van der Waals surface area contributed by atoms with Gasteiger partial charge in [0.15, 0.2) is 10.4 Å². The minimum atomic E-state index is -1.05. The Hall–Kier alpha value is -1.44. The molecule has 1 aromatic carbocycles. The molecule has 2 heterocycles. The molecule has 0 saturated carbocycles. The fourth-order valence-electron chi connectivity index (χ4n) is 1.60. The smallest absolute Gasteiger partial charge is 0.257 e. The summed E-state index contributed by atoms with van der Waals surface area (Å²) in [6.45, 7) is 0. The monoisotopic (exact) mass is 265 g/mol. The van der Waals surface area contributed by atoms with Crippen molar-refractivity contribution in [2.24, 2.45) is 0 Å². The van der Waals surface area contributed by atoms with Crippen LogP contribution in [0.5, 0.6) is 0 Å². The lowest BCUT2D eigenvalue weighted by Crippen LogP contribution is -2.10. The lowest BCUT2D eigenvalue weighted by molar-refractivity contribution is -0.123. The molecule has 0 radical (unpaired) electrons. The van der Waals surface area contributed by atoms with Gasteiger partial charge in [0, 0.05) is 16.1 Å². The van der Waals surface area contributed by atoms with Gasteiger partial charge in [-0.25, -0.2) is 4.98 Å². The highest BCUT2D eigenvalue weighted by Gasteiger charge is 2.28. The number of rotatable bonds is 2. The summed E-state index contributed by atoms with van der Waals surface area (Å²) in [5.74, 6) is -0.377. The van der Waals surface area contributed by atoms with Crippen molar-refractivity contribution >= 4 is 34.9 Å². The largest absolute Gasteiger partial charge is 0.378 e. The van der Waals surface area contributed by atoms with Gasteiger partial charge >= 0.3 is 0 Å². The van der Waals surface area contributed by atoms with E-state index >= 15 is 0 Å². The molecular formula is C10H7N3O2S2. The third-order valence-corrected chi connectivity index (χ3v) is 4.08. The Morgan fingerprint density at radius 3 is 3.12 bits per heavy atom. The van der Waals surface area contributed by atoms with E-state index in [0.29, 0.717) is 11.3 Å². The van der Waals surface area contributed by atoms with E-state index in [1.54, 1.807) is 6.07 Å². The van der Waals surface area contributed by atoms with E-state index in [4.69, 9.17) is 0 Å². The predicted octanol–water partition coefficient (Wildman–Crippen LogP) is 1.67. The van der Waals surface area contributed by atoms with Crippen LogP contribution in [-0.2, 0) is 4.79 Å². The summed E-state index contributed by atoms with van der Waals surface area (Å²) in [7, 11) is 0. The Labute approximate surface area is 105 Å². The molecule has 1 atom stereocenters. The van der Waals surface area contributed by atoms with Gasteiger partial charge in [-0.1, -0.05) is 17.8 Å². The van der Waals surface area contributed by atoms with E-state index in [1.165, 1.54) is 29.6 Å². The fraction of sp³-hybridized carbons (Fsp3) is 0.100. The highest BCUT2D eigenvalue weighted by atomic mass is 32.2. The van der Waals surface area contributed by atoms with Crippen LogP contribution in [0.2, 0.25) is 0 Å². The number of carbonyl (C=O) groups excluding carboxylic acids is 1. The van der Waals surface area contributed by atoms with Crippen LogP contribution in [0.3, 0.4) is 0 Å². The van der Waals surface area contributed by atoms with Crippen LogP contribution in [0, 0.1) is 0 Å². The summed E-state index contributed by atoms with van der Waals surface area (Å²) in [4.78, 5) is 16.3. The van der Waals surface area contributed by atoms with Crippen LogP contribution in [0.25, 0.3) is 0 Å². The summed E-state index contributed by atoms with van der Waals surface area (Å²) >= 11 is 2.79. The summed E-state index contributed by atoms with van der Waals surface area (Å²) in [6, 6.07) is 5.44. The first-order valence-electron chi connectivity index (χ1n) is 4.81. The van der Waals surface area contributed by atoms with Crippen molar-refractivity contribution in [1.82, 2.24) is 9.36 Å². The molecule has 1 amide bonds. The lowest BCUT2D eigenvalue weighted by atomic mass is 10.1. The van der Waals surface area contributed by atoms with E-state index in [1.807, 2.05) is 12.1 Å². The Bertz CT molecular complexity index is 571. The molecule has 3 rings (SSSR count). The molecular weight excluding hydrogens is 258 g/mol. The standard InChI is InChI=1S/C10H7N3O2S2/c14-8-6-2-1-5(3-7(6)13-9(8)15)16-10-11-4-12-17-10/h1-4,8,14H,(H,13,15). The molecule has 0 bridgehead atoms. The van der Waals surface area contributed by atoms with E-state index in [0.717, 1.165) is 9.24 Å². The second-order valence-corrected chi connectivity index (χ2v) is 5.55. The molecule has 1 aromatic heterocycles. The average molecular weight is 265 g/mol. The fourth-order valence-corrected chi connectivity index (χ4v) is 3.06. The molecule has 5 nitrogen and oxygen atoms in total. The summed E-state index contributed by atoms with van der Waals surface area (Å²) < 4.78 is 4.76. The van der Waals surface area contributed by atoms with Crippen molar-refractivity contribution < 1.29 is 9.90 Å². The topological polar surface area (TPSA) is 75.1 Å². The molecule has 7 heteroatoms. The Morgan fingerprint density at radius 1 is 1.47 bits per heavy atom. The lowest BCUT2D eigenvalue weighted by Gasteiger charge is -2.02. The number of hydrogen-bond acceptors (Lipinski definition) is 6. The summed E-state index contributed by atoms with van der Waals surface area (Å²) in [5, 5.41) is 12.2. The molecule has 17 heavy (non-hydrogen) atoms. The van der Waals surface area contributed by atoms with Gasteiger partial charge in [-0.05, 0) is 23.7 Å². The second kappa shape index (κ2) is 4.10. The van der Waals surface area contributed by atoms with Gasteiger partial charge in [-0.2, -0.15) is 4.37 Å². The zero-order valence-electron chi connectivity index (χ0n) is 8.45. The number of carbonyl (C=O) groups is 1. The molecule has 0 fully saturated rings. The number of aromatic nitrogens is 2.